The maximum absolute atomic E-state index is 11.9. The van der Waals surface area contributed by atoms with E-state index < -0.39 is 36.5 Å². The molecule has 0 heterocycles. The minimum absolute atomic E-state index is 0.0369. The predicted molar refractivity (Wildman–Crippen MR) is 100 cm³/mol. The second-order valence-corrected chi connectivity index (χ2v) is 6.29. The van der Waals surface area contributed by atoms with Gasteiger partial charge in [-0.2, -0.15) is 0 Å². The summed E-state index contributed by atoms with van der Waals surface area (Å²) in [5.74, 6) is -0.995. The summed E-state index contributed by atoms with van der Waals surface area (Å²) in [5, 5.41) is 19.9. The van der Waals surface area contributed by atoms with Crippen molar-refractivity contribution in [3.63, 3.8) is 0 Å². The third-order valence-corrected chi connectivity index (χ3v) is 2.78. The Morgan fingerprint density at radius 3 is 2.38 bits per heavy atom. The molecule has 0 radical (unpaired) electrons. The van der Waals surface area contributed by atoms with Gasteiger partial charge in [0.2, 0.25) is 6.79 Å². The molecule has 1 aromatic rings. The lowest BCUT2D eigenvalue weighted by Crippen LogP contribution is -2.27. The molecular formula is C18H26N2O9. The number of esters is 1. The zero-order chi connectivity index (χ0) is 22.2. The molecule has 0 saturated heterocycles. The van der Waals surface area contributed by atoms with Crippen LogP contribution in [-0.2, 0) is 25.7 Å². The second kappa shape index (κ2) is 14.7. The molecule has 2 N–H and O–H groups in total. The van der Waals surface area contributed by atoms with Gasteiger partial charge in [-0.25, -0.2) is 9.59 Å². The molecule has 1 aromatic carbocycles. The summed E-state index contributed by atoms with van der Waals surface area (Å²) in [5.41, 5.74) is 0.275. The summed E-state index contributed by atoms with van der Waals surface area (Å²) in [6.45, 7) is 5.50. The quantitative estimate of drug-likeness (QED) is 0.193. The van der Waals surface area contributed by atoms with Gasteiger partial charge in [-0.15, -0.1) is 10.1 Å². The minimum atomic E-state index is -0.986. The summed E-state index contributed by atoms with van der Waals surface area (Å²) >= 11 is 0. The molecule has 0 saturated carbocycles. The Morgan fingerprint density at radius 1 is 1.17 bits per heavy atom. The standard InChI is InChI=1S/C14H16N2O9.C4H10/c17-12(18)6-3-7-15-14(20)24-9-23-13(19)11-5-2-1-4-10(11)8-25-16(21)22;1-4(2)3/h1-2,4-5H,3,6-9H2,(H,15,20)(H,17,18);4H,1-3H3. The fourth-order valence-corrected chi connectivity index (χ4v) is 1.66. The van der Waals surface area contributed by atoms with Gasteiger partial charge in [0.15, 0.2) is 0 Å². The number of carbonyl (C=O) groups excluding carboxylic acids is 2. The number of amides is 1. The van der Waals surface area contributed by atoms with E-state index in [1.165, 1.54) is 18.2 Å². The third-order valence-electron chi connectivity index (χ3n) is 2.78. The van der Waals surface area contributed by atoms with Crippen molar-refractivity contribution in [1.82, 2.24) is 5.32 Å². The van der Waals surface area contributed by atoms with Crippen molar-refractivity contribution in [2.75, 3.05) is 13.3 Å². The van der Waals surface area contributed by atoms with Crippen LogP contribution >= 0.6 is 0 Å². The maximum atomic E-state index is 11.9. The molecule has 162 valence electrons. The highest BCUT2D eigenvalue weighted by molar-refractivity contribution is 5.91. The van der Waals surface area contributed by atoms with Crippen LogP contribution in [0.3, 0.4) is 0 Å². The molecule has 11 nitrogen and oxygen atoms in total. The molecule has 0 aliphatic heterocycles. The molecule has 0 spiro atoms. The average molecular weight is 414 g/mol. The van der Waals surface area contributed by atoms with Crippen LogP contribution in [0.1, 0.15) is 49.5 Å². The summed E-state index contributed by atoms with van der Waals surface area (Å²) in [7, 11) is 0. The largest absolute Gasteiger partial charge is 0.481 e. The molecular weight excluding hydrogens is 388 g/mol. The molecule has 1 rings (SSSR count). The molecule has 0 bridgehead atoms. The number of carboxylic acids is 1. The maximum Gasteiger partial charge on any atom is 0.410 e. The average Bonchev–Trinajstić information content (AvgIpc) is 2.63. The smallest absolute Gasteiger partial charge is 0.410 e. The van der Waals surface area contributed by atoms with Crippen LogP contribution in [0.25, 0.3) is 0 Å². The summed E-state index contributed by atoms with van der Waals surface area (Å²) in [6.07, 6.45) is -0.741. The van der Waals surface area contributed by atoms with Gasteiger partial charge in [-0.05, 0) is 24.0 Å². The summed E-state index contributed by atoms with van der Waals surface area (Å²) in [6, 6.07) is 5.93. The lowest BCUT2D eigenvalue weighted by Gasteiger charge is -2.10. The van der Waals surface area contributed by atoms with Gasteiger partial charge < -0.3 is 24.7 Å². The fraction of sp³-hybridized carbons (Fsp3) is 0.500. The van der Waals surface area contributed by atoms with Gasteiger partial charge in [0, 0.05) is 13.0 Å². The highest BCUT2D eigenvalue weighted by atomic mass is 16.9. The Morgan fingerprint density at radius 2 is 1.79 bits per heavy atom. The van der Waals surface area contributed by atoms with Crippen LogP contribution in [-0.4, -0.2) is 41.6 Å². The van der Waals surface area contributed by atoms with Crippen LogP contribution in [0.5, 0.6) is 0 Å². The van der Waals surface area contributed by atoms with E-state index >= 15 is 0 Å². The number of carbonyl (C=O) groups is 3. The monoisotopic (exact) mass is 414 g/mol. The number of aliphatic carboxylic acids is 1. The highest BCUT2D eigenvalue weighted by Crippen LogP contribution is 2.11. The van der Waals surface area contributed by atoms with E-state index in [9.17, 15) is 24.5 Å². The first-order valence-corrected chi connectivity index (χ1v) is 8.78. The number of nitrogens with zero attached hydrogens (tertiary/aromatic N) is 1. The van der Waals surface area contributed by atoms with Crippen molar-refractivity contribution in [3.8, 4) is 0 Å². The van der Waals surface area contributed by atoms with Gasteiger partial charge in [0.25, 0.3) is 5.09 Å². The molecule has 1 amide bonds. The van der Waals surface area contributed by atoms with Crippen molar-refractivity contribution in [2.45, 2.75) is 40.2 Å². The molecule has 0 aliphatic carbocycles. The third kappa shape index (κ3) is 14.4. The van der Waals surface area contributed by atoms with E-state index in [1.807, 2.05) is 0 Å². The highest BCUT2D eigenvalue weighted by Gasteiger charge is 2.14. The number of alkyl carbamates (subject to hydrolysis) is 1. The second-order valence-electron chi connectivity index (χ2n) is 6.29. The Hall–Kier alpha value is -3.37. The first-order chi connectivity index (χ1) is 13.6. The van der Waals surface area contributed by atoms with Crippen molar-refractivity contribution >= 4 is 18.0 Å². The number of ether oxygens (including phenoxy) is 2. The lowest BCUT2D eigenvalue weighted by molar-refractivity contribution is -0.763. The first-order valence-electron chi connectivity index (χ1n) is 8.78. The number of carboxylic acid groups (broad SMARTS) is 1. The van der Waals surface area contributed by atoms with Crippen LogP contribution in [0.15, 0.2) is 24.3 Å². The number of benzene rings is 1. The first kappa shape index (κ1) is 25.6. The molecule has 0 atom stereocenters. The summed E-state index contributed by atoms with van der Waals surface area (Å²) in [4.78, 5) is 47.9. The fourth-order valence-electron chi connectivity index (χ4n) is 1.66. The molecule has 0 fully saturated rings. The van der Waals surface area contributed by atoms with Gasteiger partial charge in [0.1, 0.15) is 6.61 Å². The van der Waals surface area contributed by atoms with Crippen LogP contribution < -0.4 is 5.32 Å². The Kier molecular flexibility index (Phi) is 13.0. The Balaban J connectivity index is 0.00000178. The van der Waals surface area contributed by atoms with E-state index in [2.05, 4.69) is 35.7 Å². The molecule has 11 heteroatoms. The van der Waals surface area contributed by atoms with Gasteiger partial charge >= 0.3 is 18.0 Å². The van der Waals surface area contributed by atoms with E-state index in [1.54, 1.807) is 6.07 Å². The SMILES string of the molecule is CC(C)C.O=C(O)CCCNC(=O)OCOC(=O)c1ccccc1CO[N+](=O)[O-]. The lowest BCUT2D eigenvalue weighted by atomic mass is 10.1. The van der Waals surface area contributed by atoms with E-state index in [0.717, 1.165) is 5.92 Å². The van der Waals surface area contributed by atoms with E-state index in [0.29, 0.717) is 0 Å². The zero-order valence-electron chi connectivity index (χ0n) is 16.6. The number of hydrogen-bond acceptors (Lipinski definition) is 8. The topological polar surface area (TPSA) is 154 Å². The predicted octanol–water partition coefficient (Wildman–Crippen LogP) is 2.76. The van der Waals surface area contributed by atoms with Crippen LogP contribution in [0.4, 0.5) is 4.79 Å². The van der Waals surface area contributed by atoms with E-state index in [-0.39, 0.29) is 30.5 Å². The zero-order valence-corrected chi connectivity index (χ0v) is 16.6. The van der Waals surface area contributed by atoms with Gasteiger partial charge in [-0.1, -0.05) is 39.0 Å². The van der Waals surface area contributed by atoms with Crippen molar-refractivity contribution < 1.29 is 38.9 Å². The van der Waals surface area contributed by atoms with E-state index in [4.69, 9.17) is 9.84 Å². The van der Waals surface area contributed by atoms with Crippen molar-refractivity contribution in [3.05, 3.63) is 45.5 Å². The Labute approximate surface area is 168 Å². The van der Waals surface area contributed by atoms with Crippen molar-refractivity contribution in [2.24, 2.45) is 5.92 Å². The number of nitrogens with one attached hydrogen (secondary N) is 1. The van der Waals surface area contributed by atoms with Crippen LogP contribution in [0.2, 0.25) is 0 Å². The molecule has 0 unspecified atom stereocenters. The number of hydrogen-bond donors (Lipinski definition) is 2. The molecule has 0 aromatic heterocycles. The normalized spacial score (nSPS) is 9.66. The molecule has 29 heavy (non-hydrogen) atoms. The minimum Gasteiger partial charge on any atom is -0.481 e. The molecule has 0 aliphatic rings. The number of rotatable bonds is 10. The van der Waals surface area contributed by atoms with Crippen LogP contribution in [0, 0.1) is 16.0 Å². The van der Waals surface area contributed by atoms with Gasteiger partial charge in [-0.3, -0.25) is 4.79 Å². The van der Waals surface area contributed by atoms with Gasteiger partial charge in [0.05, 0.1) is 5.56 Å². The summed E-state index contributed by atoms with van der Waals surface area (Å²) < 4.78 is 9.35. The Bertz CT molecular complexity index is 674. The van der Waals surface area contributed by atoms with Crippen molar-refractivity contribution in [1.29, 1.82) is 0 Å².